The first-order valence-corrected chi connectivity index (χ1v) is 9.43. The van der Waals surface area contributed by atoms with Gasteiger partial charge in [-0.1, -0.05) is 30.3 Å². The van der Waals surface area contributed by atoms with Crippen LogP contribution in [0.3, 0.4) is 0 Å². The number of imidazole rings is 1. The fourth-order valence-corrected chi connectivity index (χ4v) is 2.29. The minimum atomic E-state index is 0. The first-order chi connectivity index (χ1) is 11.5. The summed E-state index contributed by atoms with van der Waals surface area (Å²) >= 11 is 1.84. The lowest BCUT2D eigenvalue weighted by Crippen LogP contribution is -2.43. The third-order valence-electron chi connectivity index (χ3n) is 3.68. The Morgan fingerprint density at radius 3 is 2.60 bits per heavy atom. The van der Waals surface area contributed by atoms with E-state index in [2.05, 4.69) is 64.8 Å². The molecule has 2 aromatic rings. The number of guanidine groups is 1. The lowest BCUT2D eigenvalue weighted by Gasteiger charge is -2.23. The number of aromatic amines is 1. The van der Waals surface area contributed by atoms with Crippen molar-refractivity contribution in [1.82, 2.24) is 20.6 Å². The van der Waals surface area contributed by atoms with E-state index in [1.165, 1.54) is 0 Å². The van der Waals surface area contributed by atoms with Crippen LogP contribution >= 0.6 is 35.7 Å². The lowest BCUT2D eigenvalue weighted by molar-refractivity contribution is 0.664. The summed E-state index contributed by atoms with van der Waals surface area (Å²) < 4.78 is 0.168. The summed E-state index contributed by atoms with van der Waals surface area (Å²) in [5, 5.41) is 6.67. The number of rotatable bonds is 7. The molecule has 25 heavy (non-hydrogen) atoms. The van der Waals surface area contributed by atoms with Crippen molar-refractivity contribution >= 4 is 41.7 Å². The van der Waals surface area contributed by atoms with Crippen LogP contribution in [0.25, 0.3) is 11.3 Å². The highest BCUT2D eigenvalue weighted by Crippen LogP contribution is 2.19. The maximum atomic E-state index is 4.62. The molecule has 0 unspecified atom stereocenters. The number of thioether (sulfide) groups is 1. The van der Waals surface area contributed by atoms with Crippen molar-refractivity contribution in [3.63, 3.8) is 0 Å². The maximum Gasteiger partial charge on any atom is 0.191 e. The molecule has 5 nitrogen and oxygen atoms in total. The van der Waals surface area contributed by atoms with Gasteiger partial charge >= 0.3 is 0 Å². The van der Waals surface area contributed by atoms with Gasteiger partial charge in [-0.3, -0.25) is 0 Å². The van der Waals surface area contributed by atoms with E-state index >= 15 is 0 Å². The number of aromatic nitrogens is 2. The molecule has 0 atom stereocenters. The molecule has 7 heteroatoms. The average Bonchev–Trinajstić information content (AvgIpc) is 3.07. The van der Waals surface area contributed by atoms with Crippen LogP contribution < -0.4 is 10.6 Å². The summed E-state index contributed by atoms with van der Waals surface area (Å²) in [5.41, 5.74) is 2.15. The standard InChI is InChI=1S/C18H27N5S.HI/c1-5-19-17(22-13-18(2,3)24-4)21-12-16-20-11-15(23-16)14-9-7-6-8-10-14;/h6-11H,5,12-13H2,1-4H3,(H,20,23)(H2,19,21,22);1H. The largest absolute Gasteiger partial charge is 0.357 e. The van der Waals surface area contributed by atoms with Gasteiger partial charge in [-0.05, 0) is 32.6 Å². The predicted molar refractivity (Wildman–Crippen MR) is 120 cm³/mol. The topological polar surface area (TPSA) is 65.1 Å². The van der Waals surface area contributed by atoms with Crippen LogP contribution in [0.15, 0.2) is 41.5 Å². The molecule has 0 aliphatic carbocycles. The third kappa shape index (κ3) is 7.27. The molecule has 0 saturated heterocycles. The van der Waals surface area contributed by atoms with E-state index in [9.17, 15) is 0 Å². The van der Waals surface area contributed by atoms with Crippen LogP contribution in [0, 0.1) is 0 Å². The number of benzene rings is 1. The van der Waals surface area contributed by atoms with Crippen LogP contribution in [-0.4, -0.2) is 40.0 Å². The number of hydrogen-bond acceptors (Lipinski definition) is 3. The monoisotopic (exact) mass is 473 g/mol. The Bertz CT molecular complexity index is 654. The summed E-state index contributed by atoms with van der Waals surface area (Å²) in [5.74, 6) is 1.67. The Morgan fingerprint density at radius 1 is 1.24 bits per heavy atom. The first kappa shape index (κ1) is 21.8. The molecule has 1 heterocycles. The highest BCUT2D eigenvalue weighted by atomic mass is 127. The maximum absolute atomic E-state index is 4.62. The summed E-state index contributed by atoms with van der Waals surface area (Å²) in [6.07, 6.45) is 3.98. The Kier molecular flexibility index (Phi) is 9.34. The van der Waals surface area contributed by atoms with E-state index in [0.717, 1.165) is 36.1 Å². The highest BCUT2D eigenvalue weighted by molar-refractivity contribution is 14.0. The molecule has 0 radical (unpaired) electrons. The Labute approximate surface area is 171 Å². The highest BCUT2D eigenvalue weighted by Gasteiger charge is 2.16. The molecular formula is C18H28IN5S. The fraction of sp³-hybridized carbons (Fsp3) is 0.444. The van der Waals surface area contributed by atoms with Gasteiger partial charge in [-0.15, -0.1) is 24.0 Å². The predicted octanol–water partition coefficient (Wildman–Crippen LogP) is 3.89. The van der Waals surface area contributed by atoms with E-state index in [0.29, 0.717) is 6.54 Å². The fourth-order valence-electron chi connectivity index (χ4n) is 2.07. The van der Waals surface area contributed by atoms with Crippen molar-refractivity contribution in [3.05, 3.63) is 42.4 Å². The second kappa shape index (κ2) is 10.7. The SMILES string of the molecule is CCNC(=NCc1ncc(-c2ccccc2)[nH]1)NCC(C)(C)SC.I. The Balaban J connectivity index is 0.00000312. The average molecular weight is 473 g/mol. The number of H-pyrrole nitrogens is 1. The molecule has 1 aromatic carbocycles. The van der Waals surface area contributed by atoms with Gasteiger partial charge < -0.3 is 15.6 Å². The number of hydrogen-bond donors (Lipinski definition) is 3. The molecule has 0 amide bonds. The van der Waals surface area contributed by atoms with Crippen LogP contribution in [-0.2, 0) is 6.54 Å². The lowest BCUT2D eigenvalue weighted by atomic mass is 10.2. The van der Waals surface area contributed by atoms with Gasteiger partial charge in [-0.2, -0.15) is 11.8 Å². The van der Waals surface area contributed by atoms with Crippen molar-refractivity contribution in [2.45, 2.75) is 32.1 Å². The van der Waals surface area contributed by atoms with E-state index < -0.39 is 0 Å². The zero-order valence-corrected chi connectivity index (χ0v) is 18.4. The molecule has 0 bridgehead atoms. The quantitative estimate of drug-likeness (QED) is 0.324. The molecule has 3 N–H and O–H groups in total. The first-order valence-electron chi connectivity index (χ1n) is 8.20. The normalized spacial score (nSPS) is 11.8. The summed E-state index contributed by atoms with van der Waals surface area (Å²) in [6.45, 7) is 8.70. The van der Waals surface area contributed by atoms with Gasteiger partial charge in [0.25, 0.3) is 0 Å². The van der Waals surface area contributed by atoms with Crippen molar-refractivity contribution in [2.24, 2.45) is 4.99 Å². The van der Waals surface area contributed by atoms with Gasteiger partial charge in [0, 0.05) is 17.8 Å². The molecule has 0 saturated carbocycles. The second-order valence-corrected chi connectivity index (χ2v) is 7.64. The molecule has 0 aliphatic rings. The zero-order chi connectivity index (χ0) is 17.4. The molecule has 1 aromatic heterocycles. The summed E-state index contributed by atoms with van der Waals surface area (Å²) in [6, 6.07) is 10.2. The minimum Gasteiger partial charge on any atom is -0.357 e. The number of aliphatic imine (C=N–C) groups is 1. The van der Waals surface area contributed by atoms with Gasteiger partial charge in [0.05, 0.1) is 11.9 Å². The molecule has 0 fully saturated rings. The Morgan fingerprint density at radius 2 is 1.96 bits per heavy atom. The van der Waals surface area contributed by atoms with Crippen molar-refractivity contribution < 1.29 is 0 Å². The van der Waals surface area contributed by atoms with Crippen molar-refractivity contribution in [3.8, 4) is 11.3 Å². The van der Waals surface area contributed by atoms with Crippen LogP contribution in [0.4, 0.5) is 0 Å². The van der Waals surface area contributed by atoms with E-state index in [4.69, 9.17) is 0 Å². The van der Waals surface area contributed by atoms with E-state index in [-0.39, 0.29) is 28.7 Å². The number of nitrogens with one attached hydrogen (secondary N) is 3. The molecular weight excluding hydrogens is 445 g/mol. The van der Waals surface area contributed by atoms with Crippen molar-refractivity contribution in [2.75, 3.05) is 19.3 Å². The van der Waals surface area contributed by atoms with Gasteiger partial charge in [0.15, 0.2) is 5.96 Å². The minimum absolute atomic E-state index is 0. The van der Waals surface area contributed by atoms with E-state index in [1.807, 2.05) is 36.2 Å². The van der Waals surface area contributed by atoms with Crippen LogP contribution in [0.5, 0.6) is 0 Å². The van der Waals surface area contributed by atoms with Crippen molar-refractivity contribution in [1.29, 1.82) is 0 Å². The Hall–Kier alpha value is -1.22. The number of nitrogens with zero attached hydrogens (tertiary/aromatic N) is 2. The molecule has 0 spiro atoms. The van der Waals surface area contributed by atoms with E-state index in [1.54, 1.807) is 0 Å². The third-order valence-corrected chi connectivity index (χ3v) is 4.93. The van der Waals surface area contributed by atoms with Gasteiger partial charge in [0.2, 0.25) is 0 Å². The summed E-state index contributed by atoms with van der Waals surface area (Å²) in [4.78, 5) is 12.4. The zero-order valence-electron chi connectivity index (χ0n) is 15.3. The molecule has 138 valence electrons. The van der Waals surface area contributed by atoms with Gasteiger partial charge in [0.1, 0.15) is 12.4 Å². The summed E-state index contributed by atoms with van der Waals surface area (Å²) in [7, 11) is 0. The van der Waals surface area contributed by atoms with Crippen LogP contribution in [0.2, 0.25) is 0 Å². The van der Waals surface area contributed by atoms with Gasteiger partial charge in [-0.25, -0.2) is 9.98 Å². The number of halogens is 1. The molecule has 0 aliphatic heterocycles. The smallest absolute Gasteiger partial charge is 0.191 e. The second-order valence-electron chi connectivity index (χ2n) is 6.12. The van der Waals surface area contributed by atoms with Crippen LogP contribution in [0.1, 0.15) is 26.6 Å². The molecule has 2 rings (SSSR count).